The zero-order chi connectivity index (χ0) is 14.8. The molecular formula is C16H24N2O2. The Morgan fingerprint density at radius 3 is 2.65 bits per heavy atom. The number of hydrogen-bond acceptors (Lipinski definition) is 3. The molecule has 1 aromatic rings. The molecule has 0 aliphatic heterocycles. The van der Waals surface area contributed by atoms with Gasteiger partial charge in [0.05, 0.1) is 5.60 Å². The minimum atomic E-state index is -0.893. The highest BCUT2D eigenvalue weighted by Gasteiger charge is 2.44. The van der Waals surface area contributed by atoms with Crippen LogP contribution in [0.15, 0.2) is 30.3 Å². The van der Waals surface area contributed by atoms with Crippen molar-refractivity contribution < 1.29 is 9.90 Å². The Morgan fingerprint density at radius 1 is 1.40 bits per heavy atom. The molecule has 3 unspecified atom stereocenters. The maximum absolute atomic E-state index is 12.1. The molecule has 0 spiro atoms. The van der Waals surface area contributed by atoms with Crippen LogP contribution in [0.5, 0.6) is 0 Å². The number of carbonyl (C=O) groups is 1. The molecule has 1 aliphatic rings. The summed E-state index contributed by atoms with van der Waals surface area (Å²) in [6.07, 6.45) is 0.908. The third kappa shape index (κ3) is 4.05. The van der Waals surface area contributed by atoms with E-state index in [1.54, 1.807) is 6.92 Å². The third-order valence-electron chi connectivity index (χ3n) is 3.66. The molecule has 0 aromatic heterocycles. The first-order valence-corrected chi connectivity index (χ1v) is 7.09. The van der Waals surface area contributed by atoms with E-state index in [1.165, 1.54) is 5.56 Å². The summed E-state index contributed by atoms with van der Waals surface area (Å²) in [5.41, 5.74) is 0.337. The van der Waals surface area contributed by atoms with E-state index in [1.807, 2.05) is 37.2 Å². The van der Waals surface area contributed by atoms with Gasteiger partial charge in [-0.3, -0.25) is 4.79 Å². The standard InChI is InChI=1S/C16H24N2O2/c1-16(20,11-18(2)3)10-17-15(19)14-9-13(14)12-7-5-4-6-8-12/h4-8,13-14,20H,9-11H2,1-3H3,(H,17,19). The minimum Gasteiger partial charge on any atom is -0.387 e. The maximum Gasteiger partial charge on any atom is 0.223 e. The summed E-state index contributed by atoms with van der Waals surface area (Å²) >= 11 is 0. The van der Waals surface area contributed by atoms with Crippen LogP contribution in [0.25, 0.3) is 0 Å². The molecule has 1 aliphatic carbocycles. The molecule has 4 heteroatoms. The Morgan fingerprint density at radius 2 is 2.05 bits per heavy atom. The molecule has 0 bridgehead atoms. The van der Waals surface area contributed by atoms with E-state index in [0.29, 0.717) is 19.0 Å². The Hall–Kier alpha value is -1.39. The second kappa shape index (κ2) is 5.94. The lowest BCUT2D eigenvalue weighted by atomic mass is 10.1. The molecule has 1 aromatic carbocycles. The minimum absolute atomic E-state index is 0.0536. The molecule has 0 heterocycles. The van der Waals surface area contributed by atoms with Gasteiger partial charge in [0, 0.05) is 19.0 Å². The van der Waals surface area contributed by atoms with E-state index >= 15 is 0 Å². The van der Waals surface area contributed by atoms with E-state index < -0.39 is 5.60 Å². The topological polar surface area (TPSA) is 52.6 Å². The number of aliphatic hydroxyl groups is 1. The number of likely N-dealkylation sites (N-methyl/N-ethyl adjacent to an activating group) is 1. The second-order valence-electron chi connectivity index (χ2n) is 6.31. The number of benzene rings is 1. The van der Waals surface area contributed by atoms with Gasteiger partial charge >= 0.3 is 0 Å². The summed E-state index contributed by atoms with van der Waals surface area (Å²) in [6.45, 7) is 2.57. The Bertz CT molecular complexity index is 457. The lowest BCUT2D eigenvalue weighted by Gasteiger charge is -2.27. The van der Waals surface area contributed by atoms with Crippen LogP contribution >= 0.6 is 0 Å². The lowest BCUT2D eigenvalue weighted by Crippen LogP contribution is -2.47. The van der Waals surface area contributed by atoms with Gasteiger partial charge in [0.15, 0.2) is 0 Å². The van der Waals surface area contributed by atoms with Crippen molar-refractivity contribution in [2.75, 3.05) is 27.2 Å². The molecule has 3 atom stereocenters. The van der Waals surface area contributed by atoms with E-state index in [-0.39, 0.29) is 11.8 Å². The molecule has 1 saturated carbocycles. The summed E-state index contributed by atoms with van der Waals surface area (Å²) in [7, 11) is 3.81. The molecule has 2 rings (SSSR count). The van der Waals surface area contributed by atoms with Gasteiger partial charge in [-0.15, -0.1) is 0 Å². The quantitative estimate of drug-likeness (QED) is 0.821. The van der Waals surface area contributed by atoms with E-state index in [4.69, 9.17) is 0 Å². The fraction of sp³-hybridized carbons (Fsp3) is 0.562. The highest BCUT2D eigenvalue weighted by atomic mass is 16.3. The summed E-state index contributed by atoms with van der Waals surface area (Å²) in [6, 6.07) is 10.1. The highest BCUT2D eigenvalue weighted by Crippen LogP contribution is 2.47. The number of nitrogens with zero attached hydrogens (tertiary/aromatic N) is 1. The van der Waals surface area contributed by atoms with Crippen molar-refractivity contribution in [3.63, 3.8) is 0 Å². The molecule has 0 saturated heterocycles. The summed E-state index contributed by atoms with van der Waals surface area (Å²) in [5.74, 6) is 0.459. The van der Waals surface area contributed by atoms with Gasteiger partial charge < -0.3 is 15.3 Å². The van der Waals surface area contributed by atoms with E-state index in [0.717, 1.165) is 6.42 Å². The number of rotatable bonds is 6. The summed E-state index contributed by atoms with van der Waals surface area (Å²) < 4.78 is 0. The largest absolute Gasteiger partial charge is 0.387 e. The van der Waals surface area contributed by atoms with Gasteiger partial charge in [0.2, 0.25) is 5.91 Å². The van der Waals surface area contributed by atoms with Gasteiger partial charge in [-0.2, -0.15) is 0 Å². The Kier molecular flexibility index (Phi) is 4.45. The van der Waals surface area contributed by atoms with Gasteiger partial charge in [-0.05, 0) is 38.9 Å². The maximum atomic E-state index is 12.1. The molecule has 2 N–H and O–H groups in total. The second-order valence-corrected chi connectivity index (χ2v) is 6.31. The number of hydrogen-bond donors (Lipinski definition) is 2. The van der Waals surface area contributed by atoms with Gasteiger partial charge in [0.25, 0.3) is 0 Å². The van der Waals surface area contributed by atoms with Crippen molar-refractivity contribution in [1.82, 2.24) is 10.2 Å². The van der Waals surface area contributed by atoms with Crippen molar-refractivity contribution >= 4 is 5.91 Å². The van der Waals surface area contributed by atoms with Crippen LogP contribution in [0.1, 0.15) is 24.8 Å². The predicted octanol–water partition coefficient (Wildman–Crippen LogP) is 1.22. The molecule has 20 heavy (non-hydrogen) atoms. The highest BCUT2D eigenvalue weighted by molar-refractivity contribution is 5.82. The van der Waals surface area contributed by atoms with E-state index in [9.17, 15) is 9.90 Å². The van der Waals surface area contributed by atoms with Crippen molar-refractivity contribution in [3.8, 4) is 0 Å². The Labute approximate surface area is 120 Å². The predicted molar refractivity (Wildman–Crippen MR) is 79.5 cm³/mol. The molecule has 110 valence electrons. The number of amides is 1. The van der Waals surface area contributed by atoms with Gasteiger partial charge in [-0.1, -0.05) is 30.3 Å². The molecule has 0 radical (unpaired) electrons. The lowest BCUT2D eigenvalue weighted by molar-refractivity contribution is -0.123. The first-order chi connectivity index (χ1) is 9.39. The average molecular weight is 276 g/mol. The monoisotopic (exact) mass is 276 g/mol. The van der Waals surface area contributed by atoms with Crippen LogP contribution in [-0.4, -0.2) is 48.7 Å². The van der Waals surface area contributed by atoms with Crippen molar-refractivity contribution in [3.05, 3.63) is 35.9 Å². The number of carbonyl (C=O) groups excluding carboxylic acids is 1. The zero-order valence-electron chi connectivity index (χ0n) is 12.5. The molecular weight excluding hydrogens is 252 g/mol. The molecule has 4 nitrogen and oxygen atoms in total. The summed E-state index contributed by atoms with van der Waals surface area (Å²) in [5, 5.41) is 13.0. The fourth-order valence-corrected chi connectivity index (χ4v) is 2.70. The normalized spacial score (nSPS) is 24.2. The third-order valence-corrected chi connectivity index (χ3v) is 3.66. The van der Waals surface area contributed by atoms with E-state index in [2.05, 4.69) is 17.4 Å². The number of nitrogens with one attached hydrogen (secondary N) is 1. The van der Waals surface area contributed by atoms with Crippen LogP contribution in [-0.2, 0) is 4.79 Å². The first kappa shape index (κ1) is 15.0. The van der Waals surface area contributed by atoms with Crippen LogP contribution in [0.2, 0.25) is 0 Å². The Balaban J connectivity index is 1.80. The van der Waals surface area contributed by atoms with Gasteiger partial charge in [-0.25, -0.2) is 0 Å². The van der Waals surface area contributed by atoms with Crippen molar-refractivity contribution in [1.29, 1.82) is 0 Å². The van der Waals surface area contributed by atoms with Crippen molar-refractivity contribution in [2.24, 2.45) is 5.92 Å². The van der Waals surface area contributed by atoms with Gasteiger partial charge in [0.1, 0.15) is 0 Å². The zero-order valence-corrected chi connectivity index (χ0v) is 12.5. The smallest absolute Gasteiger partial charge is 0.223 e. The van der Waals surface area contributed by atoms with Crippen LogP contribution in [0.4, 0.5) is 0 Å². The van der Waals surface area contributed by atoms with Crippen LogP contribution in [0, 0.1) is 5.92 Å². The fourth-order valence-electron chi connectivity index (χ4n) is 2.70. The van der Waals surface area contributed by atoms with Crippen LogP contribution in [0.3, 0.4) is 0 Å². The van der Waals surface area contributed by atoms with Crippen molar-refractivity contribution in [2.45, 2.75) is 24.9 Å². The summed E-state index contributed by atoms with van der Waals surface area (Å²) in [4.78, 5) is 14.0. The SMILES string of the molecule is CN(C)CC(C)(O)CNC(=O)C1CC1c1ccccc1. The average Bonchev–Trinajstić information content (AvgIpc) is 3.16. The first-order valence-electron chi connectivity index (χ1n) is 7.09. The molecule has 1 amide bonds. The van der Waals surface area contributed by atoms with Crippen LogP contribution < -0.4 is 5.32 Å². The molecule has 1 fully saturated rings.